The number of furan rings is 1. The molecule has 1 N–H and O–H groups in total. The van der Waals surface area contributed by atoms with Crippen LogP contribution in [0.2, 0.25) is 0 Å². The normalized spacial score (nSPS) is 17.4. The van der Waals surface area contributed by atoms with Gasteiger partial charge >= 0.3 is 0 Å². The van der Waals surface area contributed by atoms with Gasteiger partial charge in [-0.3, -0.25) is 9.59 Å². The second kappa shape index (κ2) is 7.79. The van der Waals surface area contributed by atoms with E-state index in [1.807, 2.05) is 24.3 Å². The number of amides is 2. The fraction of sp³-hybridized carbons (Fsp3) is 0.182. The summed E-state index contributed by atoms with van der Waals surface area (Å²) in [6.07, 6.45) is 1.60. The fourth-order valence-corrected chi connectivity index (χ4v) is 4.64. The van der Waals surface area contributed by atoms with Gasteiger partial charge in [-0.15, -0.1) is 11.8 Å². The van der Waals surface area contributed by atoms with E-state index in [1.165, 1.54) is 0 Å². The van der Waals surface area contributed by atoms with Crippen LogP contribution < -0.4 is 14.8 Å². The van der Waals surface area contributed by atoms with Gasteiger partial charge in [-0.1, -0.05) is 12.1 Å². The second-order valence-electron chi connectivity index (χ2n) is 6.91. The van der Waals surface area contributed by atoms with Gasteiger partial charge in [0.2, 0.25) is 12.7 Å². The zero-order chi connectivity index (χ0) is 20.5. The molecule has 0 saturated carbocycles. The molecule has 2 amide bonds. The lowest BCUT2D eigenvalue weighted by Crippen LogP contribution is -2.27. The minimum Gasteiger partial charge on any atom is -0.467 e. The van der Waals surface area contributed by atoms with E-state index in [9.17, 15) is 9.59 Å². The number of rotatable bonds is 5. The topological polar surface area (TPSA) is 81.0 Å². The van der Waals surface area contributed by atoms with Gasteiger partial charge in [0.15, 0.2) is 11.5 Å². The maximum absolute atomic E-state index is 12.6. The third kappa shape index (κ3) is 3.61. The van der Waals surface area contributed by atoms with E-state index in [0.717, 1.165) is 11.3 Å². The Bertz CT molecular complexity index is 1080. The van der Waals surface area contributed by atoms with Crippen molar-refractivity contribution in [1.29, 1.82) is 0 Å². The van der Waals surface area contributed by atoms with Crippen molar-refractivity contribution in [2.24, 2.45) is 0 Å². The Balaban J connectivity index is 1.29. The van der Waals surface area contributed by atoms with Crippen molar-refractivity contribution < 1.29 is 23.5 Å². The molecule has 5 rings (SSSR count). The predicted octanol–water partition coefficient (Wildman–Crippen LogP) is 4.03. The molecule has 152 valence electrons. The van der Waals surface area contributed by atoms with E-state index in [1.54, 1.807) is 53.3 Å². The van der Waals surface area contributed by atoms with Gasteiger partial charge in [0, 0.05) is 17.3 Å². The smallest absolute Gasteiger partial charge is 0.255 e. The maximum Gasteiger partial charge on any atom is 0.255 e. The van der Waals surface area contributed by atoms with Crippen molar-refractivity contribution in [3.8, 4) is 11.5 Å². The highest BCUT2D eigenvalue weighted by Crippen LogP contribution is 2.39. The first-order valence-electron chi connectivity index (χ1n) is 9.42. The molecule has 1 atom stereocenters. The average Bonchev–Trinajstić information content (AvgIpc) is 3.51. The number of ether oxygens (including phenoxy) is 2. The van der Waals surface area contributed by atoms with Crippen molar-refractivity contribution in [3.05, 3.63) is 77.7 Å². The van der Waals surface area contributed by atoms with Crippen LogP contribution >= 0.6 is 11.8 Å². The molecule has 3 aromatic rings. The summed E-state index contributed by atoms with van der Waals surface area (Å²) >= 11 is 1.57. The summed E-state index contributed by atoms with van der Waals surface area (Å²) < 4.78 is 16.0. The predicted molar refractivity (Wildman–Crippen MR) is 111 cm³/mol. The zero-order valence-electron chi connectivity index (χ0n) is 15.9. The van der Waals surface area contributed by atoms with Crippen LogP contribution in [0.5, 0.6) is 11.5 Å². The first kappa shape index (κ1) is 18.6. The molecule has 2 aliphatic heterocycles. The lowest BCUT2D eigenvalue weighted by atomic mass is 10.1. The van der Waals surface area contributed by atoms with E-state index in [2.05, 4.69) is 5.32 Å². The monoisotopic (exact) mass is 422 g/mol. The molecule has 7 nitrogen and oxygen atoms in total. The number of nitrogens with one attached hydrogen (secondary N) is 1. The van der Waals surface area contributed by atoms with Crippen LogP contribution in [0.1, 0.15) is 27.1 Å². The Morgan fingerprint density at radius 2 is 1.93 bits per heavy atom. The van der Waals surface area contributed by atoms with Crippen LogP contribution in [0.4, 0.5) is 5.69 Å². The maximum atomic E-state index is 12.6. The largest absolute Gasteiger partial charge is 0.467 e. The van der Waals surface area contributed by atoms with Gasteiger partial charge in [-0.25, -0.2) is 0 Å². The number of anilines is 1. The van der Waals surface area contributed by atoms with Crippen LogP contribution in [-0.2, 0) is 11.3 Å². The van der Waals surface area contributed by atoms with Crippen LogP contribution in [0.25, 0.3) is 0 Å². The van der Waals surface area contributed by atoms with Gasteiger partial charge in [-0.2, -0.15) is 0 Å². The zero-order valence-corrected chi connectivity index (χ0v) is 16.7. The van der Waals surface area contributed by atoms with E-state index < -0.39 is 0 Å². The summed E-state index contributed by atoms with van der Waals surface area (Å²) in [5.41, 5.74) is 2.13. The quantitative estimate of drug-likeness (QED) is 0.669. The summed E-state index contributed by atoms with van der Waals surface area (Å²) in [5.74, 6) is 2.31. The third-order valence-corrected chi connectivity index (χ3v) is 6.22. The molecule has 1 aromatic heterocycles. The van der Waals surface area contributed by atoms with E-state index >= 15 is 0 Å². The number of nitrogens with zero attached hydrogens (tertiary/aromatic N) is 1. The molecule has 3 heterocycles. The molecular formula is C22H18N2O5S. The molecule has 0 aliphatic carbocycles. The minimum atomic E-state index is -0.219. The SMILES string of the molecule is O=C(Nc1ccc2c(c1)OCO2)c1ccc([C@H]2SCC(=O)N2Cc2ccco2)cc1. The lowest BCUT2D eigenvalue weighted by Gasteiger charge is -2.23. The fourth-order valence-electron chi connectivity index (χ4n) is 3.45. The number of hydrogen-bond acceptors (Lipinski definition) is 6. The highest BCUT2D eigenvalue weighted by Gasteiger charge is 2.33. The van der Waals surface area contributed by atoms with Crippen molar-refractivity contribution in [3.63, 3.8) is 0 Å². The number of thioether (sulfide) groups is 1. The molecule has 30 heavy (non-hydrogen) atoms. The first-order valence-corrected chi connectivity index (χ1v) is 10.5. The molecule has 0 unspecified atom stereocenters. The van der Waals surface area contributed by atoms with Crippen LogP contribution in [0, 0.1) is 0 Å². The molecular weight excluding hydrogens is 404 g/mol. The molecule has 0 spiro atoms. The van der Waals surface area contributed by atoms with Crippen molar-refractivity contribution in [1.82, 2.24) is 4.90 Å². The molecule has 2 aliphatic rings. The van der Waals surface area contributed by atoms with E-state index in [-0.39, 0.29) is 24.0 Å². The van der Waals surface area contributed by atoms with E-state index in [0.29, 0.717) is 35.0 Å². The summed E-state index contributed by atoms with van der Waals surface area (Å²) in [5, 5.41) is 2.76. The Labute approximate surface area is 177 Å². The minimum absolute atomic E-state index is 0.0750. The van der Waals surface area contributed by atoms with Gasteiger partial charge in [0.1, 0.15) is 11.1 Å². The third-order valence-electron chi connectivity index (χ3n) is 4.96. The highest BCUT2D eigenvalue weighted by atomic mass is 32.2. The van der Waals surface area contributed by atoms with Gasteiger partial charge in [0.05, 0.1) is 18.6 Å². The molecule has 0 bridgehead atoms. The van der Waals surface area contributed by atoms with Crippen LogP contribution in [-0.4, -0.2) is 29.3 Å². The standard InChI is InChI=1S/C22H18N2O5S/c25-20-12-30-22(24(20)11-17-2-1-9-27-17)15-5-3-14(4-6-15)21(26)23-16-7-8-18-19(10-16)29-13-28-18/h1-10,22H,11-13H2,(H,23,26)/t22-/m1/s1. The van der Waals surface area contributed by atoms with Gasteiger partial charge in [-0.05, 0) is 42.0 Å². The average molecular weight is 422 g/mol. The summed E-state index contributed by atoms with van der Waals surface area (Å²) in [4.78, 5) is 26.7. The summed E-state index contributed by atoms with van der Waals surface area (Å²) in [6, 6.07) is 16.3. The van der Waals surface area contributed by atoms with Gasteiger partial charge < -0.3 is 24.1 Å². The number of carbonyl (C=O) groups excluding carboxylic acids is 2. The first-order chi connectivity index (χ1) is 14.7. The van der Waals surface area contributed by atoms with Crippen LogP contribution in [0.15, 0.2) is 65.3 Å². The Morgan fingerprint density at radius 1 is 1.10 bits per heavy atom. The van der Waals surface area contributed by atoms with E-state index in [4.69, 9.17) is 13.9 Å². The lowest BCUT2D eigenvalue weighted by molar-refractivity contribution is -0.128. The van der Waals surface area contributed by atoms with Gasteiger partial charge in [0.25, 0.3) is 5.91 Å². The number of benzene rings is 2. The molecule has 1 fully saturated rings. The van der Waals surface area contributed by atoms with Crippen LogP contribution in [0.3, 0.4) is 0 Å². The molecule has 8 heteroatoms. The number of carbonyl (C=O) groups is 2. The Hall–Kier alpha value is -3.39. The van der Waals surface area contributed by atoms with Crippen molar-refractivity contribution >= 4 is 29.3 Å². The summed E-state index contributed by atoms with van der Waals surface area (Å²) in [6.45, 7) is 0.614. The number of fused-ring (bicyclic) bond motifs is 1. The highest BCUT2D eigenvalue weighted by molar-refractivity contribution is 8.00. The number of hydrogen-bond donors (Lipinski definition) is 1. The molecule has 1 saturated heterocycles. The summed E-state index contributed by atoms with van der Waals surface area (Å²) in [7, 11) is 0. The second-order valence-corrected chi connectivity index (χ2v) is 7.98. The van der Waals surface area contributed by atoms with Crippen molar-refractivity contribution in [2.75, 3.05) is 17.9 Å². The Morgan fingerprint density at radius 3 is 2.73 bits per heavy atom. The molecule has 2 aromatic carbocycles. The molecule has 0 radical (unpaired) electrons. The van der Waals surface area contributed by atoms with Crippen molar-refractivity contribution in [2.45, 2.75) is 11.9 Å². The Kier molecular flexibility index (Phi) is 4.84.